The highest BCUT2D eigenvalue weighted by atomic mass is 32.2. The molecule has 0 bridgehead atoms. The van der Waals surface area contributed by atoms with Gasteiger partial charge in [-0.15, -0.1) is 0 Å². The van der Waals surface area contributed by atoms with Crippen LogP contribution in [-0.4, -0.2) is 30.2 Å². The van der Waals surface area contributed by atoms with Crippen LogP contribution in [0.1, 0.15) is 19.5 Å². The maximum atomic E-state index is 5.66. The summed E-state index contributed by atoms with van der Waals surface area (Å²) in [5.74, 6) is 0. The van der Waals surface area contributed by atoms with Gasteiger partial charge in [-0.25, -0.2) is 4.28 Å². The van der Waals surface area contributed by atoms with E-state index in [1.165, 1.54) is 23.4 Å². The Kier molecular flexibility index (Phi) is 6.24. The molecule has 2 rings (SSSR count). The van der Waals surface area contributed by atoms with Crippen LogP contribution in [0.4, 0.5) is 5.69 Å². The largest absolute Gasteiger partial charge is 0.295 e. The average Bonchev–Trinajstić information content (AvgIpc) is 2.56. The molecule has 0 N–H and O–H groups in total. The molecule has 0 spiro atoms. The van der Waals surface area contributed by atoms with Crippen LogP contribution in [0.2, 0.25) is 0 Å². The van der Waals surface area contributed by atoms with Gasteiger partial charge in [0.2, 0.25) is 0 Å². The summed E-state index contributed by atoms with van der Waals surface area (Å²) in [6.07, 6.45) is 1.82. The molecular weight excluding hydrogens is 294 g/mol. The smallest absolute Gasteiger partial charge is 0.135 e. The molecule has 0 atom stereocenters. The number of hydrogen-bond donors (Lipinski definition) is 0. The van der Waals surface area contributed by atoms with Crippen LogP contribution >= 0.6 is 12.2 Å². The first-order chi connectivity index (χ1) is 10.7. The minimum absolute atomic E-state index is 0.872. The number of aromatic nitrogens is 1. The van der Waals surface area contributed by atoms with E-state index in [-0.39, 0.29) is 0 Å². The lowest BCUT2D eigenvalue weighted by Crippen LogP contribution is -2.22. The van der Waals surface area contributed by atoms with E-state index < -0.39 is 0 Å². The number of anilines is 1. The normalized spacial score (nSPS) is 11.0. The second kappa shape index (κ2) is 8.17. The Morgan fingerprint density at radius 3 is 2.36 bits per heavy atom. The van der Waals surface area contributed by atoms with Crippen molar-refractivity contribution in [3.05, 3.63) is 48.3 Å². The van der Waals surface area contributed by atoms with Crippen molar-refractivity contribution < 1.29 is 4.28 Å². The second-order valence-electron chi connectivity index (χ2n) is 4.94. The summed E-state index contributed by atoms with van der Waals surface area (Å²) >= 11 is 1.34. The molecule has 4 nitrogen and oxygen atoms in total. The number of rotatable bonds is 7. The van der Waals surface area contributed by atoms with Gasteiger partial charge in [-0.05, 0) is 30.7 Å². The van der Waals surface area contributed by atoms with Gasteiger partial charge in [0.1, 0.15) is 12.2 Å². The molecule has 1 aromatic carbocycles. The number of hydroxylamine groups is 2. The molecule has 0 amide bonds. The first-order valence-electron chi connectivity index (χ1n) is 7.51. The first-order valence-corrected chi connectivity index (χ1v) is 8.21. The Hall–Kier alpha value is -1.56. The highest BCUT2D eigenvalue weighted by Gasteiger charge is 2.07. The fraction of sp³-hybridized carbons (Fsp3) is 0.353. The van der Waals surface area contributed by atoms with Gasteiger partial charge in [0.05, 0.1) is 0 Å². The minimum Gasteiger partial charge on any atom is -0.295 e. The summed E-state index contributed by atoms with van der Waals surface area (Å²) in [6.45, 7) is 7.93. The van der Waals surface area contributed by atoms with Crippen LogP contribution in [0.25, 0.3) is 11.1 Å². The average molecular weight is 317 g/mol. The topological polar surface area (TPSA) is 28.6 Å². The van der Waals surface area contributed by atoms with E-state index in [0.717, 1.165) is 24.5 Å². The third-order valence-corrected chi connectivity index (χ3v) is 4.22. The Morgan fingerprint density at radius 1 is 1.09 bits per heavy atom. The number of benzene rings is 1. The van der Waals surface area contributed by atoms with Crippen molar-refractivity contribution >= 4 is 17.9 Å². The van der Waals surface area contributed by atoms with E-state index in [0.29, 0.717) is 0 Å². The summed E-state index contributed by atoms with van der Waals surface area (Å²) in [5, 5.41) is 1.91. The lowest BCUT2D eigenvalue weighted by atomic mass is 10.0. The molecule has 5 heteroatoms. The van der Waals surface area contributed by atoms with E-state index in [4.69, 9.17) is 4.28 Å². The van der Waals surface area contributed by atoms with Crippen LogP contribution in [0, 0.1) is 6.92 Å². The molecular formula is C17H23N3OS. The number of pyridine rings is 1. The maximum absolute atomic E-state index is 5.66. The predicted molar refractivity (Wildman–Crippen MR) is 94.4 cm³/mol. The monoisotopic (exact) mass is 317 g/mol. The van der Waals surface area contributed by atoms with Gasteiger partial charge in [-0.2, -0.15) is 5.06 Å². The second-order valence-corrected chi connectivity index (χ2v) is 5.79. The summed E-state index contributed by atoms with van der Waals surface area (Å²) in [7, 11) is 2.00. The Balaban J connectivity index is 2.04. The molecule has 0 aliphatic heterocycles. The molecule has 2 aromatic rings. The number of aryl methyl sites for hydroxylation is 1. The van der Waals surface area contributed by atoms with Crippen molar-refractivity contribution in [2.24, 2.45) is 0 Å². The Bertz CT molecular complexity index is 585. The van der Waals surface area contributed by atoms with E-state index in [1.807, 2.05) is 35.6 Å². The van der Waals surface area contributed by atoms with Crippen LogP contribution in [0.3, 0.4) is 0 Å². The quantitative estimate of drug-likeness (QED) is 0.431. The Morgan fingerprint density at radius 2 is 1.77 bits per heavy atom. The van der Waals surface area contributed by atoms with Crippen molar-refractivity contribution in [3.63, 3.8) is 0 Å². The fourth-order valence-corrected chi connectivity index (χ4v) is 2.72. The zero-order chi connectivity index (χ0) is 15.9. The molecule has 0 unspecified atom stereocenters. The van der Waals surface area contributed by atoms with E-state index in [2.05, 4.69) is 49.2 Å². The zero-order valence-electron chi connectivity index (χ0n) is 13.6. The summed E-state index contributed by atoms with van der Waals surface area (Å²) in [5.41, 5.74) is 4.49. The maximum Gasteiger partial charge on any atom is 0.135 e. The Labute approximate surface area is 137 Å². The summed E-state index contributed by atoms with van der Waals surface area (Å²) in [6, 6.07) is 12.5. The molecule has 0 aliphatic rings. The van der Waals surface area contributed by atoms with Crippen molar-refractivity contribution in [2.75, 3.05) is 24.4 Å². The highest BCUT2D eigenvalue weighted by molar-refractivity contribution is 7.96. The molecule has 118 valence electrons. The van der Waals surface area contributed by atoms with Crippen molar-refractivity contribution in [2.45, 2.75) is 20.8 Å². The summed E-state index contributed by atoms with van der Waals surface area (Å²) in [4.78, 5) is 4.34. The predicted octanol–water partition coefficient (Wildman–Crippen LogP) is 4.33. The van der Waals surface area contributed by atoms with Crippen LogP contribution < -0.4 is 4.31 Å². The van der Waals surface area contributed by atoms with Gasteiger partial charge in [0, 0.05) is 43.3 Å². The molecule has 0 aliphatic carbocycles. The van der Waals surface area contributed by atoms with Gasteiger partial charge in [-0.1, -0.05) is 32.0 Å². The molecule has 0 fully saturated rings. The fourth-order valence-electron chi connectivity index (χ4n) is 2.11. The van der Waals surface area contributed by atoms with Gasteiger partial charge in [0.15, 0.2) is 0 Å². The van der Waals surface area contributed by atoms with Gasteiger partial charge < -0.3 is 0 Å². The molecule has 1 heterocycles. The molecule has 22 heavy (non-hydrogen) atoms. The van der Waals surface area contributed by atoms with E-state index in [1.54, 1.807) is 0 Å². The third kappa shape index (κ3) is 4.22. The highest BCUT2D eigenvalue weighted by Crippen LogP contribution is 2.27. The standard InChI is InChI=1S/C17H23N3OS/c1-5-20(6-2)21-22-19(4)16-11-9-15(10-12-16)17-8-7-13-18-14(17)3/h7-13H,5-6H2,1-4H3. The SMILES string of the molecule is CCN(CC)OSN(C)c1ccc(-c2cccnc2C)cc1. The summed E-state index contributed by atoms with van der Waals surface area (Å²) < 4.78 is 7.67. The van der Waals surface area contributed by atoms with Crippen LogP contribution in [-0.2, 0) is 4.28 Å². The van der Waals surface area contributed by atoms with Crippen LogP contribution in [0.5, 0.6) is 0 Å². The lowest BCUT2D eigenvalue weighted by Gasteiger charge is -2.22. The third-order valence-electron chi connectivity index (χ3n) is 3.50. The van der Waals surface area contributed by atoms with Crippen molar-refractivity contribution in [1.82, 2.24) is 10.0 Å². The number of hydrogen-bond acceptors (Lipinski definition) is 5. The minimum atomic E-state index is 0.872. The zero-order valence-corrected chi connectivity index (χ0v) is 14.4. The van der Waals surface area contributed by atoms with Crippen molar-refractivity contribution in [1.29, 1.82) is 0 Å². The van der Waals surface area contributed by atoms with E-state index in [9.17, 15) is 0 Å². The number of nitrogens with zero attached hydrogens (tertiary/aromatic N) is 3. The molecule has 0 radical (unpaired) electrons. The molecule has 1 aromatic heterocycles. The van der Waals surface area contributed by atoms with Gasteiger partial charge in [0.25, 0.3) is 0 Å². The van der Waals surface area contributed by atoms with Gasteiger partial charge in [-0.3, -0.25) is 9.29 Å². The molecule has 0 saturated carbocycles. The molecule has 0 saturated heterocycles. The lowest BCUT2D eigenvalue weighted by molar-refractivity contribution is -0.0266. The van der Waals surface area contributed by atoms with E-state index >= 15 is 0 Å². The van der Waals surface area contributed by atoms with Gasteiger partial charge >= 0.3 is 0 Å². The van der Waals surface area contributed by atoms with Crippen molar-refractivity contribution in [3.8, 4) is 11.1 Å². The first kappa shape index (κ1) is 16.8. The van der Waals surface area contributed by atoms with Crippen LogP contribution in [0.15, 0.2) is 42.6 Å².